The van der Waals surface area contributed by atoms with E-state index in [0.717, 1.165) is 26.6 Å². The predicted octanol–water partition coefficient (Wildman–Crippen LogP) is 2.77. The minimum absolute atomic E-state index is 0.185. The van der Waals surface area contributed by atoms with Gasteiger partial charge in [-0.15, -0.1) is 11.3 Å². The molecule has 1 saturated heterocycles. The van der Waals surface area contributed by atoms with E-state index in [1.807, 2.05) is 6.92 Å². The predicted molar refractivity (Wildman–Crippen MR) is 103 cm³/mol. The van der Waals surface area contributed by atoms with E-state index in [9.17, 15) is 14.4 Å². The largest absolute Gasteiger partial charge is 0.284 e. The van der Waals surface area contributed by atoms with Crippen molar-refractivity contribution < 1.29 is 9.59 Å². The molecule has 1 unspecified atom stereocenters. The van der Waals surface area contributed by atoms with Gasteiger partial charge in [-0.05, 0) is 39.5 Å². The van der Waals surface area contributed by atoms with Gasteiger partial charge >= 0.3 is 0 Å². The van der Waals surface area contributed by atoms with E-state index < -0.39 is 5.54 Å². The second-order valence-electron chi connectivity index (χ2n) is 7.73. The lowest BCUT2D eigenvalue weighted by Gasteiger charge is -2.38. The highest BCUT2D eigenvalue weighted by molar-refractivity contribution is 7.13. The lowest BCUT2D eigenvalue weighted by Crippen LogP contribution is -2.57. The summed E-state index contributed by atoms with van der Waals surface area (Å²) in [5, 5.41) is 0.602. The van der Waals surface area contributed by atoms with Crippen molar-refractivity contribution in [2.75, 3.05) is 7.05 Å². The van der Waals surface area contributed by atoms with Crippen LogP contribution < -0.4 is 5.56 Å². The molecule has 1 fully saturated rings. The van der Waals surface area contributed by atoms with E-state index in [1.54, 1.807) is 25.2 Å². The highest BCUT2D eigenvalue weighted by Crippen LogP contribution is 2.33. The van der Waals surface area contributed by atoms with Crippen molar-refractivity contribution in [2.24, 2.45) is 5.92 Å². The molecule has 0 radical (unpaired) electrons. The molecule has 3 heterocycles. The number of fused-ring (bicyclic) bond motifs is 1. The summed E-state index contributed by atoms with van der Waals surface area (Å²) in [5.74, 6) is 0.426. The molecular formula is C19H25N3O3S. The Morgan fingerprint density at radius 3 is 2.50 bits per heavy atom. The van der Waals surface area contributed by atoms with Gasteiger partial charge in [-0.25, -0.2) is 4.98 Å². The average Bonchev–Trinajstić information content (AvgIpc) is 2.84. The van der Waals surface area contributed by atoms with Gasteiger partial charge in [-0.1, -0.05) is 13.8 Å². The van der Waals surface area contributed by atoms with E-state index in [4.69, 9.17) is 4.98 Å². The molecule has 1 aliphatic rings. The van der Waals surface area contributed by atoms with Crippen LogP contribution in [0.3, 0.4) is 0 Å². The van der Waals surface area contributed by atoms with Crippen molar-refractivity contribution in [3.8, 4) is 0 Å². The molecule has 0 aliphatic carbocycles. The van der Waals surface area contributed by atoms with Crippen LogP contribution in [-0.4, -0.2) is 33.3 Å². The van der Waals surface area contributed by atoms with Gasteiger partial charge in [0.05, 0.1) is 10.9 Å². The SMILES string of the molecule is Cc1sc(CC(C)C)c2nc(C)n(C3(C)CCC(=O)N(C)C3=O)c(=O)c12. The highest BCUT2D eigenvalue weighted by atomic mass is 32.1. The first-order chi connectivity index (χ1) is 12.1. The zero-order chi connectivity index (χ0) is 19.4. The van der Waals surface area contributed by atoms with Crippen LogP contribution in [0, 0.1) is 19.8 Å². The van der Waals surface area contributed by atoms with Crippen LogP contribution in [-0.2, 0) is 21.5 Å². The third-order valence-electron chi connectivity index (χ3n) is 5.20. The van der Waals surface area contributed by atoms with Crippen LogP contribution in [0.4, 0.5) is 0 Å². The molecule has 6 nitrogen and oxygen atoms in total. The van der Waals surface area contributed by atoms with Crippen LogP contribution in [0.1, 0.15) is 49.2 Å². The van der Waals surface area contributed by atoms with E-state index >= 15 is 0 Å². The molecule has 0 saturated carbocycles. The average molecular weight is 375 g/mol. The summed E-state index contributed by atoms with van der Waals surface area (Å²) in [6.07, 6.45) is 1.42. The number of thiophene rings is 1. The Hall–Kier alpha value is -2.02. The van der Waals surface area contributed by atoms with E-state index in [2.05, 4.69) is 13.8 Å². The fraction of sp³-hybridized carbons (Fsp3) is 0.579. The second-order valence-corrected chi connectivity index (χ2v) is 9.04. The van der Waals surface area contributed by atoms with Gasteiger partial charge in [-0.2, -0.15) is 0 Å². The van der Waals surface area contributed by atoms with Gasteiger partial charge in [0, 0.05) is 23.2 Å². The number of hydrogen-bond acceptors (Lipinski definition) is 5. The maximum Gasteiger partial charge on any atom is 0.263 e. The maximum absolute atomic E-state index is 13.4. The van der Waals surface area contributed by atoms with Crippen molar-refractivity contribution in [1.82, 2.24) is 14.5 Å². The molecule has 3 rings (SSSR count). The lowest BCUT2D eigenvalue weighted by molar-refractivity contribution is -0.154. The topological polar surface area (TPSA) is 72.3 Å². The van der Waals surface area contributed by atoms with E-state index in [1.165, 1.54) is 11.6 Å². The van der Waals surface area contributed by atoms with Crippen LogP contribution in [0.15, 0.2) is 4.79 Å². The quantitative estimate of drug-likeness (QED) is 0.774. The van der Waals surface area contributed by atoms with Gasteiger partial charge in [0.15, 0.2) is 0 Å². The number of aryl methyl sites for hydroxylation is 2. The van der Waals surface area contributed by atoms with Crippen LogP contribution in [0.5, 0.6) is 0 Å². The molecule has 1 aliphatic heterocycles. The number of carbonyl (C=O) groups excluding carboxylic acids is 2. The summed E-state index contributed by atoms with van der Waals surface area (Å²) in [4.78, 5) is 46.0. The number of rotatable bonds is 3. The summed E-state index contributed by atoms with van der Waals surface area (Å²) in [5.41, 5.74) is -0.511. The van der Waals surface area contributed by atoms with Crippen LogP contribution in [0.25, 0.3) is 10.9 Å². The van der Waals surface area contributed by atoms with Crippen LogP contribution >= 0.6 is 11.3 Å². The Morgan fingerprint density at radius 1 is 1.23 bits per heavy atom. The number of carbonyl (C=O) groups is 2. The van der Waals surface area contributed by atoms with E-state index in [-0.39, 0.29) is 23.8 Å². The first-order valence-electron chi connectivity index (χ1n) is 8.91. The smallest absolute Gasteiger partial charge is 0.263 e. The lowest BCUT2D eigenvalue weighted by atomic mass is 9.89. The molecule has 2 amide bonds. The third-order valence-corrected chi connectivity index (χ3v) is 6.31. The Kier molecular flexibility index (Phi) is 4.55. The normalized spacial score (nSPS) is 21.3. The molecule has 2 aromatic heterocycles. The number of amides is 2. The summed E-state index contributed by atoms with van der Waals surface area (Å²) < 4.78 is 1.50. The highest BCUT2D eigenvalue weighted by Gasteiger charge is 2.45. The van der Waals surface area contributed by atoms with E-state index in [0.29, 0.717) is 23.5 Å². The number of likely N-dealkylation sites (tertiary alicyclic amines) is 1. The summed E-state index contributed by atoms with van der Waals surface area (Å²) in [7, 11) is 1.48. The Labute approximate surface area is 156 Å². The van der Waals surface area contributed by atoms with Gasteiger partial charge in [-0.3, -0.25) is 23.9 Å². The minimum Gasteiger partial charge on any atom is -0.284 e. The molecule has 0 spiro atoms. The second kappa shape index (κ2) is 6.30. The molecule has 0 N–H and O–H groups in total. The standard InChI is InChI=1S/C19H25N3O3S/c1-10(2)9-13-16-15(11(3)26-13)17(24)22(12(4)20-16)19(5)8-7-14(23)21(6)18(19)25/h10H,7-9H2,1-6H3. The monoisotopic (exact) mass is 375 g/mol. The maximum atomic E-state index is 13.4. The zero-order valence-electron chi connectivity index (χ0n) is 16.2. The molecule has 7 heteroatoms. The molecule has 0 aromatic carbocycles. The van der Waals surface area contributed by atoms with Crippen molar-refractivity contribution in [3.05, 3.63) is 25.9 Å². The van der Waals surface area contributed by atoms with Gasteiger partial charge in [0.25, 0.3) is 11.5 Å². The van der Waals surface area contributed by atoms with Crippen molar-refractivity contribution in [1.29, 1.82) is 0 Å². The number of likely N-dealkylation sites (N-methyl/N-ethyl adjacent to an activating group) is 1. The molecule has 26 heavy (non-hydrogen) atoms. The summed E-state index contributed by atoms with van der Waals surface area (Å²) in [6.45, 7) is 9.71. The number of hydrogen-bond donors (Lipinski definition) is 0. The molecule has 0 bridgehead atoms. The number of nitrogens with zero attached hydrogens (tertiary/aromatic N) is 3. The Bertz CT molecular complexity index is 973. The number of piperidine rings is 1. The number of aromatic nitrogens is 2. The zero-order valence-corrected chi connectivity index (χ0v) is 17.0. The minimum atomic E-state index is -1.09. The van der Waals surface area contributed by atoms with Crippen molar-refractivity contribution in [3.63, 3.8) is 0 Å². The molecule has 140 valence electrons. The Morgan fingerprint density at radius 2 is 1.88 bits per heavy atom. The molecule has 2 aromatic rings. The summed E-state index contributed by atoms with van der Waals surface area (Å²) >= 11 is 1.61. The van der Waals surface area contributed by atoms with Crippen LogP contribution in [0.2, 0.25) is 0 Å². The Balaban J connectivity index is 2.26. The first-order valence-corrected chi connectivity index (χ1v) is 9.72. The van der Waals surface area contributed by atoms with Crippen molar-refractivity contribution >= 4 is 34.1 Å². The molecule has 1 atom stereocenters. The fourth-order valence-electron chi connectivity index (χ4n) is 3.83. The van der Waals surface area contributed by atoms with Crippen molar-refractivity contribution in [2.45, 2.75) is 59.4 Å². The summed E-state index contributed by atoms with van der Waals surface area (Å²) in [6, 6.07) is 0. The molecular weight excluding hydrogens is 350 g/mol. The third kappa shape index (κ3) is 2.69. The first kappa shape index (κ1) is 18.8. The van der Waals surface area contributed by atoms with Gasteiger partial charge < -0.3 is 0 Å². The fourth-order valence-corrected chi connectivity index (χ4v) is 5.15. The van der Waals surface area contributed by atoms with Gasteiger partial charge in [0.1, 0.15) is 11.4 Å². The number of imide groups is 1. The van der Waals surface area contributed by atoms with Gasteiger partial charge in [0.2, 0.25) is 5.91 Å².